The summed E-state index contributed by atoms with van der Waals surface area (Å²) in [6, 6.07) is 0. The highest BCUT2D eigenvalue weighted by Gasteiger charge is 2.41. The molecular weight excluding hydrogens is 238 g/mol. The molecule has 0 saturated carbocycles. The van der Waals surface area contributed by atoms with Gasteiger partial charge in [0.1, 0.15) is 0 Å². The Morgan fingerprint density at radius 1 is 1.35 bits per heavy atom. The summed E-state index contributed by atoms with van der Waals surface area (Å²) in [5.74, 6) is 0.359. The molecule has 1 amide bonds. The first kappa shape index (κ1) is 14.8. The van der Waals surface area contributed by atoms with Gasteiger partial charge in [-0.2, -0.15) is 0 Å². The third kappa shape index (κ3) is 3.85. The fourth-order valence-corrected chi connectivity index (χ4v) is 2.50. The SMILES string of the molecule is CCC(Cl)CCNC(=O)C1C(C)OC(C)C1C. The van der Waals surface area contributed by atoms with Crippen molar-refractivity contribution in [1.29, 1.82) is 0 Å². The zero-order chi connectivity index (χ0) is 13.0. The molecule has 0 bridgehead atoms. The van der Waals surface area contributed by atoms with E-state index in [0.717, 1.165) is 12.8 Å². The van der Waals surface area contributed by atoms with Gasteiger partial charge in [0.15, 0.2) is 0 Å². The number of amides is 1. The van der Waals surface area contributed by atoms with Crippen LogP contribution in [0.1, 0.15) is 40.5 Å². The first-order valence-electron chi connectivity index (χ1n) is 6.54. The molecule has 100 valence electrons. The minimum absolute atomic E-state index is 0.0120. The van der Waals surface area contributed by atoms with Crippen LogP contribution < -0.4 is 5.32 Å². The van der Waals surface area contributed by atoms with Crippen molar-refractivity contribution < 1.29 is 9.53 Å². The van der Waals surface area contributed by atoms with Crippen LogP contribution in [0.3, 0.4) is 0 Å². The molecule has 3 nitrogen and oxygen atoms in total. The van der Waals surface area contributed by atoms with Crippen LogP contribution in [-0.4, -0.2) is 30.0 Å². The Morgan fingerprint density at radius 3 is 2.47 bits per heavy atom. The Bertz CT molecular complexity index is 260. The van der Waals surface area contributed by atoms with Gasteiger partial charge in [0.2, 0.25) is 5.91 Å². The number of hydrogen-bond acceptors (Lipinski definition) is 2. The second-order valence-corrected chi connectivity index (χ2v) is 5.63. The molecule has 0 radical (unpaired) electrons. The highest BCUT2D eigenvalue weighted by Crippen LogP contribution is 2.32. The summed E-state index contributed by atoms with van der Waals surface area (Å²) in [4.78, 5) is 12.0. The maximum atomic E-state index is 12.0. The van der Waals surface area contributed by atoms with Crippen LogP contribution >= 0.6 is 11.6 Å². The lowest BCUT2D eigenvalue weighted by Crippen LogP contribution is -2.38. The Kier molecular flexibility index (Phi) is 5.74. The van der Waals surface area contributed by atoms with Crippen molar-refractivity contribution in [3.8, 4) is 0 Å². The zero-order valence-corrected chi connectivity index (χ0v) is 12.0. The average molecular weight is 262 g/mol. The summed E-state index contributed by atoms with van der Waals surface area (Å²) in [7, 11) is 0. The summed E-state index contributed by atoms with van der Waals surface area (Å²) in [6.45, 7) is 8.79. The molecule has 0 aromatic carbocycles. The molecule has 1 aliphatic heterocycles. The average Bonchev–Trinajstić information content (AvgIpc) is 2.52. The van der Waals surface area contributed by atoms with E-state index in [1.54, 1.807) is 0 Å². The summed E-state index contributed by atoms with van der Waals surface area (Å²) in [5.41, 5.74) is 0. The molecular formula is C13H24ClNO2. The number of halogens is 1. The second kappa shape index (κ2) is 6.60. The highest BCUT2D eigenvalue weighted by atomic mass is 35.5. The number of ether oxygens (including phenoxy) is 1. The van der Waals surface area contributed by atoms with E-state index in [-0.39, 0.29) is 35.3 Å². The number of carbonyl (C=O) groups is 1. The van der Waals surface area contributed by atoms with Crippen molar-refractivity contribution in [1.82, 2.24) is 5.32 Å². The molecule has 4 heteroatoms. The third-order valence-corrected chi connectivity index (χ3v) is 4.27. The zero-order valence-electron chi connectivity index (χ0n) is 11.2. The van der Waals surface area contributed by atoms with E-state index in [9.17, 15) is 4.79 Å². The molecule has 1 rings (SSSR count). The van der Waals surface area contributed by atoms with Gasteiger partial charge in [-0.05, 0) is 32.6 Å². The lowest BCUT2D eigenvalue weighted by atomic mass is 9.89. The van der Waals surface area contributed by atoms with Crippen LogP contribution in [0, 0.1) is 11.8 Å². The molecule has 5 atom stereocenters. The number of nitrogens with one attached hydrogen (secondary N) is 1. The van der Waals surface area contributed by atoms with Gasteiger partial charge in [-0.25, -0.2) is 0 Å². The van der Waals surface area contributed by atoms with Gasteiger partial charge >= 0.3 is 0 Å². The van der Waals surface area contributed by atoms with E-state index < -0.39 is 0 Å². The lowest BCUT2D eigenvalue weighted by molar-refractivity contribution is -0.127. The molecule has 1 heterocycles. The first-order chi connectivity index (χ1) is 7.97. The topological polar surface area (TPSA) is 38.3 Å². The molecule has 0 spiro atoms. The Balaban J connectivity index is 2.37. The minimum Gasteiger partial charge on any atom is -0.374 e. The highest BCUT2D eigenvalue weighted by molar-refractivity contribution is 6.20. The molecule has 1 N–H and O–H groups in total. The van der Waals surface area contributed by atoms with E-state index in [2.05, 4.69) is 19.2 Å². The Labute approximate surface area is 109 Å². The van der Waals surface area contributed by atoms with Crippen molar-refractivity contribution >= 4 is 17.5 Å². The Morgan fingerprint density at radius 2 is 2.00 bits per heavy atom. The van der Waals surface area contributed by atoms with E-state index in [0.29, 0.717) is 6.54 Å². The number of alkyl halides is 1. The Hall–Kier alpha value is -0.280. The normalized spacial score (nSPS) is 34.6. The van der Waals surface area contributed by atoms with Gasteiger partial charge in [-0.3, -0.25) is 4.79 Å². The standard InChI is InChI=1S/C13H24ClNO2/c1-5-11(14)6-7-15-13(16)12-8(2)9(3)17-10(12)4/h8-12H,5-7H2,1-4H3,(H,15,16). The third-order valence-electron chi connectivity index (χ3n) is 3.74. The lowest BCUT2D eigenvalue weighted by Gasteiger charge is -2.18. The predicted molar refractivity (Wildman–Crippen MR) is 70.2 cm³/mol. The van der Waals surface area contributed by atoms with Gasteiger partial charge in [-0.1, -0.05) is 13.8 Å². The summed E-state index contributed by atoms with van der Waals surface area (Å²) < 4.78 is 5.67. The monoisotopic (exact) mass is 261 g/mol. The van der Waals surface area contributed by atoms with Gasteiger partial charge in [0.05, 0.1) is 18.1 Å². The van der Waals surface area contributed by atoms with Crippen molar-refractivity contribution in [3.05, 3.63) is 0 Å². The molecule has 5 unspecified atom stereocenters. The van der Waals surface area contributed by atoms with Gasteiger partial charge in [0, 0.05) is 11.9 Å². The maximum absolute atomic E-state index is 12.0. The van der Waals surface area contributed by atoms with Crippen molar-refractivity contribution in [3.63, 3.8) is 0 Å². The number of hydrogen-bond donors (Lipinski definition) is 1. The summed E-state index contributed by atoms with van der Waals surface area (Å²) in [5, 5.41) is 3.12. The molecule has 0 aliphatic carbocycles. The summed E-state index contributed by atoms with van der Waals surface area (Å²) in [6.07, 6.45) is 1.94. The van der Waals surface area contributed by atoms with Gasteiger partial charge in [0.25, 0.3) is 0 Å². The largest absolute Gasteiger partial charge is 0.374 e. The fraction of sp³-hybridized carbons (Fsp3) is 0.923. The van der Waals surface area contributed by atoms with Crippen LogP contribution in [-0.2, 0) is 9.53 Å². The van der Waals surface area contributed by atoms with Crippen molar-refractivity contribution in [2.75, 3.05) is 6.54 Å². The second-order valence-electron chi connectivity index (χ2n) is 5.02. The van der Waals surface area contributed by atoms with Crippen molar-refractivity contribution in [2.24, 2.45) is 11.8 Å². The first-order valence-corrected chi connectivity index (χ1v) is 6.98. The fourth-order valence-electron chi connectivity index (χ4n) is 2.39. The number of rotatable bonds is 5. The smallest absolute Gasteiger partial charge is 0.226 e. The molecule has 1 fully saturated rings. The quantitative estimate of drug-likeness (QED) is 0.773. The van der Waals surface area contributed by atoms with Crippen molar-refractivity contribution in [2.45, 2.75) is 58.1 Å². The molecule has 1 saturated heterocycles. The van der Waals surface area contributed by atoms with E-state index in [1.807, 2.05) is 13.8 Å². The van der Waals surface area contributed by atoms with E-state index in [4.69, 9.17) is 16.3 Å². The molecule has 1 aliphatic rings. The van der Waals surface area contributed by atoms with E-state index in [1.165, 1.54) is 0 Å². The van der Waals surface area contributed by atoms with Crippen LogP contribution in [0.2, 0.25) is 0 Å². The predicted octanol–water partition coefficient (Wildman–Crippen LogP) is 2.57. The van der Waals surface area contributed by atoms with Gasteiger partial charge in [-0.15, -0.1) is 11.6 Å². The van der Waals surface area contributed by atoms with Crippen LogP contribution in [0.25, 0.3) is 0 Å². The summed E-state index contributed by atoms with van der Waals surface area (Å²) >= 11 is 6.01. The molecule has 0 aromatic heterocycles. The number of carbonyl (C=O) groups excluding carboxylic acids is 1. The molecule has 0 aromatic rings. The van der Waals surface area contributed by atoms with E-state index >= 15 is 0 Å². The van der Waals surface area contributed by atoms with Crippen LogP contribution in [0.5, 0.6) is 0 Å². The minimum atomic E-state index is -0.0274. The maximum Gasteiger partial charge on any atom is 0.226 e. The van der Waals surface area contributed by atoms with Gasteiger partial charge < -0.3 is 10.1 Å². The molecule has 17 heavy (non-hydrogen) atoms. The van der Waals surface area contributed by atoms with Crippen LogP contribution in [0.15, 0.2) is 0 Å². The van der Waals surface area contributed by atoms with Crippen LogP contribution in [0.4, 0.5) is 0 Å².